The minimum absolute atomic E-state index is 0.0396. The molecule has 3 rings (SSSR count). The lowest BCUT2D eigenvalue weighted by atomic mass is 9.75. The van der Waals surface area contributed by atoms with Crippen molar-refractivity contribution in [1.82, 2.24) is 0 Å². The van der Waals surface area contributed by atoms with Crippen LogP contribution in [0, 0.1) is 23.5 Å². The summed E-state index contributed by atoms with van der Waals surface area (Å²) in [4.78, 5) is 25.3. The fourth-order valence-corrected chi connectivity index (χ4v) is 4.75. The summed E-state index contributed by atoms with van der Waals surface area (Å²) in [7, 11) is 0. The molecule has 5 nitrogen and oxygen atoms in total. The summed E-state index contributed by atoms with van der Waals surface area (Å²) in [5.41, 5.74) is 3.83. The number of rotatable bonds is 5. The Bertz CT molecular complexity index is 1030. The van der Waals surface area contributed by atoms with Gasteiger partial charge in [-0.1, -0.05) is 43.1 Å². The highest BCUT2D eigenvalue weighted by molar-refractivity contribution is 6.38. The van der Waals surface area contributed by atoms with Gasteiger partial charge in [-0.25, -0.2) is 18.5 Å². The number of halogens is 4. The number of nitrogens with two attached hydrogens (primary N) is 1. The third kappa shape index (κ3) is 5.41. The van der Waals surface area contributed by atoms with Crippen LogP contribution in [0.25, 0.3) is 0 Å². The van der Waals surface area contributed by atoms with Gasteiger partial charge < -0.3 is 10.5 Å². The number of ether oxygens (including phenoxy) is 1. The van der Waals surface area contributed by atoms with E-state index in [0.29, 0.717) is 16.7 Å². The van der Waals surface area contributed by atoms with E-state index in [1.807, 2.05) is 6.92 Å². The van der Waals surface area contributed by atoms with E-state index in [2.05, 4.69) is 13.8 Å². The molecule has 0 spiro atoms. The smallest absolute Gasteiger partial charge is 0.326 e. The maximum atomic E-state index is 14.1. The van der Waals surface area contributed by atoms with E-state index in [0.717, 1.165) is 43.9 Å². The van der Waals surface area contributed by atoms with Crippen LogP contribution in [0.4, 0.5) is 19.3 Å². The molecule has 0 heterocycles. The summed E-state index contributed by atoms with van der Waals surface area (Å²) in [6.45, 7) is 6.41. The van der Waals surface area contributed by atoms with Crippen molar-refractivity contribution in [2.75, 3.05) is 4.90 Å². The number of urea groups is 1. The fraction of sp³-hybridized carbons (Fsp3) is 0.417. The Balaban J connectivity index is 1.91. The van der Waals surface area contributed by atoms with Crippen LogP contribution in [0.5, 0.6) is 5.75 Å². The largest absolute Gasteiger partial charge is 0.484 e. The number of primary amides is 1. The maximum Gasteiger partial charge on any atom is 0.326 e. The minimum atomic E-state index is -1.28. The van der Waals surface area contributed by atoms with Crippen molar-refractivity contribution in [2.45, 2.75) is 52.1 Å². The van der Waals surface area contributed by atoms with Gasteiger partial charge >= 0.3 is 6.03 Å². The molecule has 3 amide bonds. The monoisotopic (exact) mass is 498 g/mol. The third-order valence-electron chi connectivity index (χ3n) is 6.22. The van der Waals surface area contributed by atoms with Gasteiger partial charge in [0, 0.05) is 0 Å². The quantitative estimate of drug-likeness (QED) is 0.483. The highest BCUT2D eigenvalue weighted by Crippen LogP contribution is 2.44. The summed E-state index contributed by atoms with van der Waals surface area (Å²) >= 11 is 12.8. The molecule has 0 aliphatic heterocycles. The normalized spacial score (nSPS) is 20.5. The van der Waals surface area contributed by atoms with E-state index in [-0.39, 0.29) is 21.5 Å². The topological polar surface area (TPSA) is 72.6 Å². The Morgan fingerprint density at radius 2 is 1.64 bits per heavy atom. The van der Waals surface area contributed by atoms with Crippen LogP contribution >= 0.6 is 23.2 Å². The zero-order valence-corrected chi connectivity index (χ0v) is 20.1. The van der Waals surface area contributed by atoms with Crippen molar-refractivity contribution >= 4 is 40.8 Å². The van der Waals surface area contributed by atoms with E-state index in [9.17, 15) is 18.4 Å². The maximum absolute atomic E-state index is 14.1. The molecule has 2 N–H and O–H groups in total. The average molecular weight is 499 g/mol. The molecular weight excluding hydrogens is 473 g/mol. The first-order valence-electron chi connectivity index (χ1n) is 10.7. The number of anilines is 1. The van der Waals surface area contributed by atoms with Crippen LogP contribution in [0.15, 0.2) is 30.3 Å². The molecule has 33 heavy (non-hydrogen) atoms. The summed E-state index contributed by atoms with van der Waals surface area (Å²) in [5.74, 6) is -2.11. The molecule has 1 aliphatic carbocycles. The molecule has 0 aromatic heterocycles. The fourth-order valence-electron chi connectivity index (χ4n) is 4.20. The summed E-state index contributed by atoms with van der Waals surface area (Å²) < 4.78 is 34.5. The van der Waals surface area contributed by atoms with Gasteiger partial charge in [0.15, 0.2) is 5.75 Å². The van der Waals surface area contributed by atoms with Gasteiger partial charge in [0.05, 0.1) is 15.7 Å². The van der Waals surface area contributed by atoms with Gasteiger partial charge in [-0.2, -0.15) is 0 Å². The third-order valence-corrected chi connectivity index (χ3v) is 6.78. The van der Waals surface area contributed by atoms with Crippen molar-refractivity contribution in [1.29, 1.82) is 0 Å². The van der Waals surface area contributed by atoms with E-state index in [1.165, 1.54) is 12.1 Å². The lowest BCUT2D eigenvalue weighted by Crippen LogP contribution is -2.41. The number of imide groups is 1. The molecule has 0 bridgehead atoms. The van der Waals surface area contributed by atoms with Crippen molar-refractivity contribution in [3.8, 4) is 5.75 Å². The number of hydrogen-bond donors (Lipinski definition) is 1. The van der Waals surface area contributed by atoms with Crippen LogP contribution in [0.3, 0.4) is 0 Å². The lowest BCUT2D eigenvalue weighted by Gasteiger charge is -2.39. The molecule has 178 valence electrons. The van der Waals surface area contributed by atoms with Crippen LogP contribution in [-0.2, 0) is 0 Å². The molecule has 1 aliphatic rings. The van der Waals surface area contributed by atoms with Crippen molar-refractivity contribution in [3.05, 3.63) is 57.6 Å². The molecule has 2 aromatic rings. The predicted molar refractivity (Wildman–Crippen MR) is 125 cm³/mol. The summed E-state index contributed by atoms with van der Waals surface area (Å²) in [5, 5.41) is 0.0792. The van der Waals surface area contributed by atoms with Crippen molar-refractivity contribution in [3.63, 3.8) is 0 Å². The van der Waals surface area contributed by atoms with E-state index in [4.69, 9.17) is 33.7 Å². The molecule has 0 radical (unpaired) electrons. The van der Waals surface area contributed by atoms with Gasteiger partial charge in [0.1, 0.15) is 22.8 Å². The molecule has 0 atom stereocenters. The minimum Gasteiger partial charge on any atom is -0.484 e. The Labute approximate surface area is 201 Å². The van der Waals surface area contributed by atoms with Crippen LogP contribution in [0.2, 0.25) is 10.0 Å². The van der Waals surface area contributed by atoms with E-state index < -0.39 is 34.7 Å². The van der Waals surface area contributed by atoms with Gasteiger partial charge in [-0.3, -0.25) is 4.79 Å². The molecule has 0 unspecified atom stereocenters. The number of carbonyl (C=O) groups excluding carboxylic acids is 2. The van der Waals surface area contributed by atoms with Crippen LogP contribution in [0.1, 0.15) is 56.8 Å². The highest BCUT2D eigenvalue weighted by Gasteiger charge is 2.35. The Kier molecular flexibility index (Phi) is 7.54. The Morgan fingerprint density at radius 3 is 2.09 bits per heavy atom. The lowest BCUT2D eigenvalue weighted by molar-refractivity contribution is 0.0252. The molecule has 0 saturated heterocycles. The number of carbonyl (C=O) groups is 2. The standard InChI is InChI=1S/C24H26Cl2F2N2O3/c1-13(2)14-7-9-24(3,10-8-14)33-21-16(25)11-15(12-17(21)26)30(23(29)32)22(31)20-18(27)5-4-6-19(20)28/h4-6,11-14H,7-10H2,1-3H3,(H2,29,32). The van der Waals surface area contributed by atoms with Gasteiger partial charge in [0.25, 0.3) is 5.91 Å². The molecule has 1 saturated carbocycles. The van der Waals surface area contributed by atoms with Crippen LogP contribution < -0.4 is 15.4 Å². The number of amides is 3. The average Bonchev–Trinajstić information content (AvgIpc) is 2.71. The van der Waals surface area contributed by atoms with E-state index in [1.54, 1.807) is 0 Å². The van der Waals surface area contributed by atoms with Crippen molar-refractivity contribution < 1.29 is 23.1 Å². The SMILES string of the molecule is CC(C)C1CCC(C)(Oc2c(Cl)cc(N(C(N)=O)C(=O)c3c(F)cccc3F)cc2Cl)CC1. The van der Waals surface area contributed by atoms with Crippen LogP contribution in [-0.4, -0.2) is 17.5 Å². The predicted octanol–water partition coefficient (Wildman–Crippen LogP) is 6.98. The van der Waals surface area contributed by atoms with Crippen molar-refractivity contribution in [2.24, 2.45) is 17.6 Å². The Hall–Kier alpha value is -2.38. The summed E-state index contributed by atoms with van der Waals surface area (Å²) in [6, 6.07) is 4.18. The first-order chi connectivity index (χ1) is 15.4. The number of nitrogens with zero attached hydrogens (tertiary/aromatic N) is 1. The molecule has 1 fully saturated rings. The second kappa shape index (κ2) is 9.85. The number of benzene rings is 2. The van der Waals surface area contributed by atoms with Gasteiger partial charge in [-0.15, -0.1) is 0 Å². The summed E-state index contributed by atoms with van der Waals surface area (Å²) in [6.07, 6.45) is 3.67. The first-order valence-corrected chi connectivity index (χ1v) is 11.4. The molecule has 9 heteroatoms. The second-order valence-corrected chi connectivity index (χ2v) is 9.76. The highest BCUT2D eigenvalue weighted by atomic mass is 35.5. The molecule has 2 aromatic carbocycles. The first kappa shape index (κ1) is 25.2. The second-order valence-electron chi connectivity index (χ2n) is 8.95. The van der Waals surface area contributed by atoms with E-state index >= 15 is 0 Å². The van der Waals surface area contributed by atoms with Gasteiger partial charge in [0.2, 0.25) is 0 Å². The molecular formula is C24H26Cl2F2N2O3. The number of hydrogen-bond acceptors (Lipinski definition) is 3. The zero-order valence-electron chi connectivity index (χ0n) is 18.6. The zero-order chi connectivity index (χ0) is 24.5. The Morgan fingerprint density at radius 1 is 1.12 bits per heavy atom. The van der Waals surface area contributed by atoms with Gasteiger partial charge in [-0.05, 0) is 68.7 Å².